The van der Waals surface area contributed by atoms with Gasteiger partial charge < -0.3 is 16.4 Å². The summed E-state index contributed by atoms with van der Waals surface area (Å²) in [6, 6.07) is 1.82. The lowest BCUT2D eigenvalue weighted by Gasteiger charge is -2.08. The molecule has 0 aliphatic carbocycles. The summed E-state index contributed by atoms with van der Waals surface area (Å²) in [5.41, 5.74) is 7.14. The molecule has 1 heterocycles. The Hall–Kier alpha value is -1.78. The third-order valence-electron chi connectivity index (χ3n) is 2.09. The number of nitrogens with zero attached hydrogens (tertiary/aromatic N) is 1. The van der Waals surface area contributed by atoms with Crippen LogP contribution in [-0.2, 0) is 4.79 Å². The summed E-state index contributed by atoms with van der Waals surface area (Å²) >= 11 is 0. The quantitative estimate of drug-likeness (QED) is 0.691. The largest absolute Gasteiger partial charge is 0.397 e. The van der Waals surface area contributed by atoms with Crippen molar-refractivity contribution in [1.82, 2.24) is 10.3 Å². The molecule has 1 amide bonds. The zero-order valence-corrected chi connectivity index (χ0v) is 9.71. The Bertz CT molecular complexity index is 365. The number of nitrogens with one attached hydrogen (secondary N) is 2. The Labute approximate surface area is 95.4 Å². The molecule has 1 rings (SSSR count). The minimum absolute atomic E-state index is 0.0279. The summed E-state index contributed by atoms with van der Waals surface area (Å²) in [5, 5.41) is 5.75. The van der Waals surface area contributed by atoms with Crippen LogP contribution in [0.2, 0.25) is 0 Å². The number of carbonyl (C=O) groups excluding carboxylic acids is 1. The molecule has 0 saturated carbocycles. The lowest BCUT2D eigenvalue weighted by atomic mass is 10.2. The van der Waals surface area contributed by atoms with Crippen LogP contribution in [0.4, 0.5) is 11.5 Å². The lowest BCUT2D eigenvalue weighted by Crippen LogP contribution is -2.30. The van der Waals surface area contributed by atoms with E-state index in [4.69, 9.17) is 5.73 Å². The molecule has 0 saturated heterocycles. The molecule has 0 unspecified atom stereocenters. The highest BCUT2D eigenvalue weighted by molar-refractivity contribution is 5.80. The maximum absolute atomic E-state index is 11.3. The molecular weight excluding hydrogens is 204 g/mol. The number of aromatic nitrogens is 1. The Morgan fingerprint density at radius 3 is 2.94 bits per heavy atom. The van der Waals surface area contributed by atoms with E-state index in [2.05, 4.69) is 15.6 Å². The Morgan fingerprint density at radius 2 is 2.31 bits per heavy atom. The molecule has 0 fully saturated rings. The molecule has 0 aromatic carbocycles. The van der Waals surface area contributed by atoms with Gasteiger partial charge in [0, 0.05) is 6.54 Å². The molecule has 1 aromatic rings. The average molecular weight is 222 g/mol. The maximum atomic E-state index is 11.3. The second-order valence-corrected chi connectivity index (χ2v) is 3.64. The second kappa shape index (κ2) is 5.95. The second-order valence-electron chi connectivity index (χ2n) is 3.64. The van der Waals surface area contributed by atoms with Gasteiger partial charge in [-0.3, -0.25) is 4.79 Å². The van der Waals surface area contributed by atoms with Gasteiger partial charge in [0.05, 0.1) is 18.4 Å². The highest BCUT2D eigenvalue weighted by atomic mass is 16.1. The Kier molecular flexibility index (Phi) is 4.57. The third kappa shape index (κ3) is 3.76. The van der Waals surface area contributed by atoms with E-state index in [-0.39, 0.29) is 12.5 Å². The number of anilines is 2. The zero-order valence-electron chi connectivity index (χ0n) is 9.71. The number of pyridine rings is 1. The van der Waals surface area contributed by atoms with Crippen molar-refractivity contribution < 1.29 is 4.79 Å². The fraction of sp³-hybridized carbons (Fsp3) is 0.455. The molecule has 0 radical (unpaired) electrons. The van der Waals surface area contributed by atoms with Crippen molar-refractivity contribution in [3.63, 3.8) is 0 Å². The van der Waals surface area contributed by atoms with E-state index in [9.17, 15) is 4.79 Å². The highest BCUT2D eigenvalue weighted by Gasteiger charge is 2.03. The molecule has 1 aromatic heterocycles. The van der Waals surface area contributed by atoms with Crippen LogP contribution in [0.25, 0.3) is 0 Å². The van der Waals surface area contributed by atoms with Crippen molar-refractivity contribution in [2.75, 3.05) is 24.1 Å². The van der Waals surface area contributed by atoms with Gasteiger partial charge in [0.25, 0.3) is 0 Å². The molecular formula is C11H18N4O. The standard InChI is InChI=1S/C11H18N4O/c1-3-4-13-10(16)7-15-11-8(2)5-9(12)6-14-11/h5-6H,3-4,7,12H2,1-2H3,(H,13,16)(H,14,15). The van der Waals surface area contributed by atoms with Crippen molar-refractivity contribution in [2.24, 2.45) is 0 Å². The van der Waals surface area contributed by atoms with Gasteiger partial charge in [-0.15, -0.1) is 0 Å². The fourth-order valence-electron chi connectivity index (χ4n) is 1.27. The first kappa shape index (κ1) is 12.3. The van der Waals surface area contributed by atoms with Crippen LogP contribution in [0, 0.1) is 6.92 Å². The number of hydrogen-bond acceptors (Lipinski definition) is 4. The average Bonchev–Trinajstić information content (AvgIpc) is 2.25. The van der Waals surface area contributed by atoms with Gasteiger partial charge in [-0.25, -0.2) is 4.98 Å². The fourth-order valence-corrected chi connectivity index (χ4v) is 1.27. The smallest absolute Gasteiger partial charge is 0.239 e. The van der Waals surface area contributed by atoms with E-state index in [0.717, 1.165) is 12.0 Å². The maximum Gasteiger partial charge on any atom is 0.239 e. The van der Waals surface area contributed by atoms with Crippen molar-refractivity contribution in [2.45, 2.75) is 20.3 Å². The first-order valence-electron chi connectivity index (χ1n) is 5.36. The van der Waals surface area contributed by atoms with Gasteiger partial charge in [-0.1, -0.05) is 6.92 Å². The van der Waals surface area contributed by atoms with E-state index < -0.39 is 0 Å². The van der Waals surface area contributed by atoms with Gasteiger partial charge in [-0.2, -0.15) is 0 Å². The number of carbonyl (C=O) groups is 1. The highest BCUT2D eigenvalue weighted by Crippen LogP contribution is 2.13. The van der Waals surface area contributed by atoms with Crippen LogP contribution in [0.1, 0.15) is 18.9 Å². The summed E-state index contributed by atoms with van der Waals surface area (Å²) in [6.45, 7) is 4.85. The van der Waals surface area contributed by atoms with Crippen molar-refractivity contribution >= 4 is 17.4 Å². The van der Waals surface area contributed by atoms with E-state index in [1.165, 1.54) is 0 Å². The van der Waals surface area contributed by atoms with E-state index in [1.54, 1.807) is 6.20 Å². The van der Waals surface area contributed by atoms with E-state index in [1.807, 2.05) is 19.9 Å². The van der Waals surface area contributed by atoms with Crippen LogP contribution >= 0.6 is 0 Å². The predicted octanol–water partition coefficient (Wildman–Crippen LogP) is 0.910. The molecule has 16 heavy (non-hydrogen) atoms. The molecule has 0 aliphatic rings. The number of hydrogen-bond donors (Lipinski definition) is 3. The Balaban J connectivity index is 2.45. The number of amides is 1. The third-order valence-corrected chi connectivity index (χ3v) is 2.09. The van der Waals surface area contributed by atoms with E-state index in [0.29, 0.717) is 18.1 Å². The number of aryl methyl sites for hydroxylation is 1. The minimum atomic E-state index is -0.0279. The van der Waals surface area contributed by atoms with Gasteiger partial charge >= 0.3 is 0 Å². The lowest BCUT2D eigenvalue weighted by molar-refractivity contribution is -0.119. The zero-order chi connectivity index (χ0) is 12.0. The Morgan fingerprint density at radius 1 is 1.56 bits per heavy atom. The van der Waals surface area contributed by atoms with Gasteiger partial charge in [-0.05, 0) is 25.0 Å². The molecule has 88 valence electrons. The van der Waals surface area contributed by atoms with Gasteiger partial charge in [0.1, 0.15) is 5.82 Å². The molecule has 0 aliphatic heterocycles. The molecule has 0 atom stereocenters. The monoisotopic (exact) mass is 222 g/mol. The van der Waals surface area contributed by atoms with Crippen LogP contribution in [0.15, 0.2) is 12.3 Å². The van der Waals surface area contributed by atoms with Gasteiger partial charge in [0.2, 0.25) is 5.91 Å². The van der Waals surface area contributed by atoms with Crippen LogP contribution in [0.5, 0.6) is 0 Å². The SMILES string of the molecule is CCCNC(=O)CNc1ncc(N)cc1C. The predicted molar refractivity (Wildman–Crippen MR) is 65.2 cm³/mol. The summed E-state index contributed by atoms with van der Waals surface area (Å²) in [5.74, 6) is 0.667. The molecule has 5 heteroatoms. The molecule has 0 bridgehead atoms. The van der Waals surface area contributed by atoms with Crippen LogP contribution < -0.4 is 16.4 Å². The summed E-state index contributed by atoms with van der Waals surface area (Å²) in [7, 11) is 0. The van der Waals surface area contributed by atoms with Crippen molar-refractivity contribution in [3.8, 4) is 0 Å². The summed E-state index contributed by atoms with van der Waals surface area (Å²) in [4.78, 5) is 15.4. The summed E-state index contributed by atoms with van der Waals surface area (Å²) in [6.07, 6.45) is 2.50. The topological polar surface area (TPSA) is 80.0 Å². The minimum Gasteiger partial charge on any atom is -0.397 e. The number of nitrogens with two attached hydrogens (primary N) is 1. The van der Waals surface area contributed by atoms with Crippen LogP contribution in [-0.4, -0.2) is 24.0 Å². The summed E-state index contributed by atoms with van der Waals surface area (Å²) < 4.78 is 0. The van der Waals surface area contributed by atoms with Crippen molar-refractivity contribution in [3.05, 3.63) is 17.8 Å². The normalized spacial score (nSPS) is 9.88. The van der Waals surface area contributed by atoms with Gasteiger partial charge in [0.15, 0.2) is 0 Å². The first-order valence-corrected chi connectivity index (χ1v) is 5.36. The first-order chi connectivity index (χ1) is 7.63. The molecule has 0 spiro atoms. The van der Waals surface area contributed by atoms with Crippen LogP contribution in [0.3, 0.4) is 0 Å². The molecule has 4 N–H and O–H groups in total. The number of rotatable bonds is 5. The van der Waals surface area contributed by atoms with E-state index >= 15 is 0 Å². The number of nitrogen functional groups attached to an aromatic ring is 1. The molecule has 5 nitrogen and oxygen atoms in total. The van der Waals surface area contributed by atoms with Crippen molar-refractivity contribution in [1.29, 1.82) is 0 Å².